The van der Waals surface area contributed by atoms with Gasteiger partial charge in [-0.25, -0.2) is 0 Å². The molecule has 4 nitrogen and oxygen atoms in total. The summed E-state index contributed by atoms with van der Waals surface area (Å²) in [5, 5.41) is 2.74. The quantitative estimate of drug-likeness (QED) is 0.490. The van der Waals surface area contributed by atoms with Crippen LogP contribution < -0.4 is 16.8 Å². The lowest BCUT2D eigenvalue weighted by Gasteiger charge is -2.11. The summed E-state index contributed by atoms with van der Waals surface area (Å²) < 4.78 is 0. The third-order valence-corrected chi connectivity index (χ3v) is 1.43. The Morgan fingerprint density at radius 2 is 2.18 bits per heavy atom. The van der Waals surface area contributed by atoms with E-state index in [9.17, 15) is 4.79 Å². The van der Waals surface area contributed by atoms with E-state index < -0.39 is 0 Å². The van der Waals surface area contributed by atoms with Crippen molar-refractivity contribution in [2.24, 2.45) is 11.5 Å². The molecule has 66 valence electrons. The van der Waals surface area contributed by atoms with E-state index in [2.05, 4.69) is 5.32 Å². The second-order valence-electron chi connectivity index (χ2n) is 2.60. The Morgan fingerprint density at radius 3 is 2.64 bits per heavy atom. The number of rotatable bonds is 5. The molecule has 1 amide bonds. The smallest absolute Gasteiger partial charge is 0.233 e. The maximum atomic E-state index is 10.7. The number of amides is 1. The number of nitrogens with one attached hydrogen (secondary N) is 1. The van der Waals surface area contributed by atoms with Crippen LogP contribution >= 0.6 is 0 Å². The summed E-state index contributed by atoms with van der Waals surface area (Å²) >= 11 is 0. The lowest BCUT2D eigenvalue weighted by Crippen LogP contribution is -2.37. The van der Waals surface area contributed by atoms with Gasteiger partial charge in [0.05, 0.1) is 6.54 Å². The second kappa shape index (κ2) is 6.12. The third-order valence-electron chi connectivity index (χ3n) is 1.43. The highest BCUT2D eigenvalue weighted by Crippen LogP contribution is 1.93. The molecule has 0 saturated carbocycles. The summed E-state index contributed by atoms with van der Waals surface area (Å²) in [4.78, 5) is 10.7. The van der Waals surface area contributed by atoms with Crippen molar-refractivity contribution >= 4 is 5.91 Å². The minimum Gasteiger partial charge on any atom is -0.353 e. The second-order valence-corrected chi connectivity index (χ2v) is 2.60. The van der Waals surface area contributed by atoms with Gasteiger partial charge in [0.2, 0.25) is 5.91 Å². The molecule has 4 heteroatoms. The van der Waals surface area contributed by atoms with Gasteiger partial charge < -0.3 is 16.8 Å². The first kappa shape index (κ1) is 10.4. The van der Waals surface area contributed by atoms with Gasteiger partial charge in [0.25, 0.3) is 0 Å². The van der Waals surface area contributed by atoms with E-state index in [4.69, 9.17) is 11.5 Å². The first-order valence-electron chi connectivity index (χ1n) is 3.90. The van der Waals surface area contributed by atoms with Crippen molar-refractivity contribution in [3.8, 4) is 0 Å². The summed E-state index contributed by atoms with van der Waals surface area (Å²) in [5.41, 5.74) is 10.4. The van der Waals surface area contributed by atoms with Crippen LogP contribution in [0.5, 0.6) is 0 Å². The highest BCUT2D eigenvalue weighted by atomic mass is 16.1. The van der Waals surface area contributed by atoms with E-state index in [0.29, 0.717) is 6.54 Å². The van der Waals surface area contributed by atoms with Crippen LogP contribution in [0.2, 0.25) is 0 Å². The highest BCUT2D eigenvalue weighted by molar-refractivity contribution is 5.77. The lowest BCUT2D eigenvalue weighted by molar-refractivity contribution is -0.120. The molecular weight excluding hydrogens is 142 g/mol. The topological polar surface area (TPSA) is 81.1 Å². The number of carbonyl (C=O) groups is 1. The zero-order chi connectivity index (χ0) is 8.69. The molecule has 0 aromatic heterocycles. The first-order valence-corrected chi connectivity index (χ1v) is 3.90. The Labute approximate surface area is 67.3 Å². The van der Waals surface area contributed by atoms with Crippen LogP contribution in [0.25, 0.3) is 0 Å². The molecule has 5 N–H and O–H groups in total. The fraction of sp³-hybridized carbons (Fsp3) is 0.857. The molecule has 0 aliphatic heterocycles. The zero-order valence-electron chi connectivity index (χ0n) is 6.97. The molecule has 0 fully saturated rings. The van der Waals surface area contributed by atoms with E-state index in [0.717, 1.165) is 12.8 Å². The molecule has 1 unspecified atom stereocenters. The predicted octanol–water partition coefficient (Wildman–Crippen LogP) is -0.811. The SMILES string of the molecule is CC(CCCN)NC(=O)CN. The van der Waals surface area contributed by atoms with E-state index >= 15 is 0 Å². The summed E-state index contributed by atoms with van der Waals surface area (Å²) in [6.07, 6.45) is 1.86. The summed E-state index contributed by atoms with van der Waals surface area (Å²) in [6, 6.07) is 0.189. The lowest BCUT2D eigenvalue weighted by atomic mass is 10.2. The van der Waals surface area contributed by atoms with Gasteiger partial charge in [-0.2, -0.15) is 0 Å². The predicted molar refractivity (Wildman–Crippen MR) is 44.9 cm³/mol. The van der Waals surface area contributed by atoms with Crippen molar-refractivity contribution in [1.29, 1.82) is 0 Å². The van der Waals surface area contributed by atoms with Crippen molar-refractivity contribution in [2.75, 3.05) is 13.1 Å². The Balaban J connectivity index is 3.35. The molecule has 0 spiro atoms. The molecule has 0 bridgehead atoms. The first-order chi connectivity index (χ1) is 5.20. The van der Waals surface area contributed by atoms with Gasteiger partial charge >= 0.3 is 0 Å². The average Bonchev–Trinajstić information content (AvgIpc) is 2.00. The van der Waals surface area contributed by atoms with Gasteiger partial charge in [0, 0.05) is 6.04 Å². The Hall–Kier alpha value is -0.610. The summed E-state index contributed by atoms with van der Waals surface area (Å²) in [6.45, 7) is 2.68. The van der Waals surface area contributed by atoms with Gasteiger partial charge in [0.1, 0.15) is 0 Å². The van der Waals surface area contributed by atoms with Gasteiger partial charge in [-0.15, -0.1) is 0 Å². The standard InChI is InChI=1S/C7H17N3O/c1-6(3-2-4-8)10-7(11)5-9/h6H,2-5,8-9H2,1H3,(H,10,11). The third kappa shape index (κ3) is 5.82. The molecule has 0 rings (SSSR count). The van der Waals surface area contributed by atoms with Gasteiger partial charge in [-0.1, -0.05) is 0 Å². The molecule has 0 aliphatic rings. The minimum atomic E-state index is -0.102. The van der Waals surface area contributed by atoms with Crippen LogP contribution in [-0.4, -0.2) is 25.0 Å². The van der Waals surface area contributed by atoms with E-state index in [1.54, 1.807) is 0 Å². The fourth-order valence-electron chi connectivity index (χ4n) is 0.830. The van der Waals surface area contributed by atoms with Crippen LogP contribution in [0.15, 0.2) is 0 Å². The van der Waals surface area contributed by atoms with Crippen molar-refractivity contribution in [3.05, 3.63) is 0 Å². The molecule has 0 radical (unpaired) electrons. The number of hydrogen-bond acceptors (Lipinski definition) is 3. The molecule has 0 saturated heterocycles. The van der Waals surface area contributed by atoms with Crippen LogP contribution in [0.1, 0.15) is 19.8 Å². The Bertz CT molecular complexity index is 116. The number of nitrogens with two attached hydrogens (primary N) is 2. The molecule has 0 aromatic rings. The van der Waals surface area contributed by atoms with E-state index in [-0.39, 0.29) is 18.5 Å². The van der Waals surface area contributed by atoms with E-state index in [1.165, 1.54) is 0 Å². The maximum Gasteiger partial charge on any atom is 0.233 e. The van der Waals surface area contributed by atoms with Gasteiger partial charge in [0.15, 0.2) is 0 Å². The minimum absolute atomic E-state index is 0.0625. The summed E-state index contributed by atoms with van der Waals surface area (Å²) in [5.74, 6) is -0.102. The van der Waals surface area contributed by atoms with Crippen molar-refractivity contribution < 1.29 is 4.79 Å². The summed E-state index contributed by atoms with van der Waals surface area (Å²) in [7, 11) is 0. The monoisotopic (exact) mass is 159 g/mol. The molecule has 0 aromatic carbocycles. The van der Waals surface area contributed by atoms with Crippen LogP contribution in [0, 0.1) is 0 Å². The van der Waals surface area contributed by atoms with Crippen LogP contribution in [0.3, 0.4) is 0 Å². The van der Waals surface area contributed by atoms with Crippen molar-refractivity contribution in [1.82, 2.24) is 5.32 Å². The largest absolute Gasteiger partial charge is 0.353 e. The molecule has 11 heavy (non-hydrogen) atoms. The molecular formula is C7H17N3O. The van der Waals surface area contributed by atoms with Crippen molar-refractivity contribution in [3.63, 3.8) is 0 Å². The molecule has 1 atom stereocenters. The Kier molecular flexibility index (Phi) is 5.78. The highest BCUT2D eigenvalue weighted by Gasteiger charge is 2.03. The molecule has 0 aliphatic carbocycles. The zero-order valence-corrected chi connectivity index (χ0v) is 6.97. The molecule has 0 heterocycles. The van der Waals surface area contributed by atoms with Crippen LogP contribution in [0.4, 0.5) is 0 Å². The van der Waals surface area contributed by atoms with E-state index in [1.807, 2.05) is 6.92 Å². The maximum absolute atomic E-state index is 10.7. The normalized spacial score (nSPS) is 12.6. The fourth-order valence-corrected chi connectivity index (χ4v) is 0.830. The number of carbonyl (C=O) groups excluding carboxylic acids is 1. The van der Waals surface area contributed by atoms with Crippen LogP contribution in [-0.2, 0) is 4.79 Å². The Morgan fingerprint density at radius 1 is 1.55 bits per heavy atom. The van der Waals surface area contributed by atoms with Gasteiger partial charge in [-0.05, 0) is 26.3 Å². The van der Waals surface area contributed by atoms with Crippen molar-refractivity contribution in [2.45, 2.75) is 25.8 Å². The van der Waals surface area contributed by atoms with Gasteiger partial charge in [-0.3, -0.25) is 4.79 Å². The average molecular weight is 159 g/mol. The number of hydrogen-bond donors (Lipinski definition) is 3.